The summed E-state index contributed by atoms with van der Waals surface area (Å²) >= 11 is 0. The van der Waals surface area contributed by atoms with E-state index >= 15 is 0 Å². The van der Waals surface area contributed by atoms with Crippen LogP contribution in [-0.4, -0.2) is 16.7 Å². The number of para-hydroxylation sites is 1. The van der Waals surface area contributed by atoms with Gasteiger partial charge in [-0.05, 0) is 36.3 Å². The molecule has 2 aromatic rings. The number of rotatable bonds is 4. The van der Waals surface area contributed by atoms with Crippen LogP contribution >= 0.6 is 0 Å². The Morgan fingerprint density at radius 3 is 2.70 bits per heavy atom. The number of pyridine rings is 1. The molecule has 20 heavy (non-hydrogen) atoms. The number of aliphatic hydroxyl groups is 1. The van der Waals surface area contributed by atoms with Crippen molar-refractivity contribution < 1.29 is 5.11 Å². The summed E-state index contributed by atoms with van der Waals surface area (Å²) in [7, 11) is 0. The molecule has 0 aliphatic carbocycles. The molecule has 1 aromatic heterocycles. The molecule has 1 aromatic carbocycles. The molecule has 1 heterocycles. The maximum atomic E-state index is 9.04. The Kier molecular flexibility index (Phi) is 5.15. The summed E-state index contributed by atoms with van der Waals surface area (Å²) in [5, 5.41) is 10.2. The van der Waals surface area contributed by atoms with Gasteiger partial charge in [-0.25, -0.2) is 4.98 Å². The Labute approximate surface area is 120 Å². The number of hydrogen-bond acceptors (Lipinski definition) is 2. The van der Waals surface area contributed by atoms with Crippen LogP contribution in [0.5, 0.6) is 0 Å². The number of fused-ring (bicyclic) bond motifs is 1. The second kappa shape index (κ2) is 7.07. The zero-order valence-corrected chi connectivity index (χ0v) is 12.1. The largest absolute Gasteiger partial charge is 0.396 e. The molecule has 0 amide bonds. The van der Waals surface area contributed by atoms with Gasteiger partial charge < -0.3 is 5.11 Å². The van der Waals surface area contributed by atoms with Gasteiger partial charge in [0.1, 0.15) is 5.69 Å². The van der Waals surface area contributed by atoms with Crippen molar-refractivity contribution in [3.8, 4) is 11.8 Å². The second-order valence-corrected chi connectivity index (χ2v) is 5.52. The molecule has 1 N–H and O–H groups in total. The summed E-state index contributed by atoms with van der Waals surface area (Å²) in [5.41, 5.74) is 1.81. The van der Waals surface area contributed by atoms with Gasteiger partial charge >= 0.3 is 0 Å². The topological polar surface area (TPSA) is 33.1 Å². The molecule has 2 atom stereocenters. The Hall–Kier alpha value is -1.85. The van der Waals surface area contributed by atoms with Crippen molar-refractivity contribution in [2.24, 2.45) is 11.8 Å². The molecule has 0 aliphatic heterocycles. The third kappa shape index (κ3) is 4.08. The lowest BCUT2D eigenvalue weighted by Crippen LogP contribution is -2.06. The molecule has 0 radical (unpaired) electrons. The first-order chi connectivity index (χ1) is 9.69. The molecule has 2 heteroatoms. The van der Waals surface area contributed by atoms with Gasteiger partial charge in [0.25, 0.3) is 0 Å². The standard InChI is InChI=1S/C18H21NO/c1-14(12-15(2)13-20)6-5-8-17-11-10-16-7-3-4-9-18(16)19-17/h3-4,7,9-11,14-15,20H,6,12-13H2,1-2H3. The first-order valence-corrected chi connectivity index (χ1v) is 7.14. The number of aromatic nitrogens is 1. The zero-order valence-electron chi connectivity index (χ0n) is 12.1. The molecule has 0 spiro atoms. The number of hydrogen-bond donors (Lipinski definition) is 1. The highest BCUT2D eigenvalue weighted by atomic mass is 16.3. The fourth-order valence-electron chi connectivity index (χ4n) is 2.30. The summed E-state index contributed by atoms with van der Waals surface area (Å²) in [6, 6.07) is 12.1. The Morgan fingerprint density at radius 1 is 1.10 bits per heavy atom. The molecule has 0 bridgehead atoms. The summed E-state index contributed by atoms with van der Waals surface area (Å²) in [4.78, 5) is 4.54. The van der Waals surface area contributed by atoms with Gasteiger partial charge in [0, 0.05) is 18.4 Å². The van der Waals surface area contributed by atoms with Crippen LogP contribution in [0.15, 0.2) is 36.4 Å². The van der Waals surface area contributed by atoms with Gasteiger partial charge in [-0.2, -0.15) is 0 Å². The predicted octanol–water partition coefficient (Wildman–Crippen LogP) is 3.63. The van der Waals surface area contributed by atoms with Crippen molar-refractivity contribution in [2.45, 2.75) is 26.7 Å². The Balaban J connectivity index is 2.00. The maximum Gasteiger partial charge on any atom is 0.113 e. The number of benzene rings is 1. The summed E-state index contributed by atoms with van der Waals surface area (Å²) in [6.45, 7) is 4.49. The van der Waals surface area contributed by atoms with Crippen LogP contribution < -0.4 is 0 Å². The molecule has 0 saturated heterocycles. The average molecular weight is 267 g/mol. The molecular weight excluding hydrogens is 246 g/mol. The van der Waals surface area contributed by atoms with Crippen molar-refractivity contribution in [3.05, 3.63) is 42.1 Å². The van der Waals surface area contributed by atoms with Crippen LogP contribution in [0.1, 0.15) is 32.4 Å². The van der Waals surface area contributed by atoms with E-state index < -0.39 is 0 Å². The van der Waals surface area contributed by atoms with Crippen molar-refractivity contribution >= 4 is 10.9 Å². The molecule has 2 unspecified atom stereocenters. The van der Waals surface area contributed by atoms with Crippen LogP contribution in [0, 0.1) is 23.7 Å². The monoisotopic (exact) mass is 267 g/mol. The average Bonchev–Trinajstić information content (AvgIpc) is 2.47. The minimum atomic E-state index is 0.254. The summed E-state index contributed by atoms with van der Waals surface area (Å²) in [5.74, 6) is 7.19. The molecule has 0 saturated carbocycles. The van der Waals surface area contributed by atoms with Gasteiger partial charge in [0.05, 0.1) is 5.52 Å². The molecular formula is C18H21NO. The van der Waals surface area contributed by atoms with Gasteiger partial charge in [-0.1, -0.05) is 44.0 Å². The quantitative estimate of drug-likeness (QED) is 0.858. The second-order valence-electron chi connectivity index (χ2n) is 5.52. The van der Waals surface area contributed by atoms with E-state index in [1.54, 1.807) is 0 Å². The van der Waals surface area contributed by atoms with Gasteiger partial charge in [0.2, 0.25) is 0 Å². The molecule has 104 valence electrons. The van der Waals surface area contributed by atoms with Crippen molar-refractivity contribution in [2.75, 3.05) is 6.61 Å². The normalized spacial score (nSPS) is 13.6. The fraction of sp³-hybridized carbons (Fsp3) is 0.389. The predicted molar refractivity (Wildman–Crippen MR) is 83.3 cm³/mol. The Morgan fingerprint density at radius 2 is 1.90 bits per heavy atom. The maximum absolute atomic E-state index is 9.04. The highest BCUT2D eigenvalue weighted by Crippen LogP contribution is 2.14. The first-order valence-electron chi connectivity index (χ1n) is 7.14. The van der Waals surface area contributed by atoms with Gasteiger partial charge in [0.15, 0.2) is 0 Å². The lowest BCUT2D eigenvalue weighted by atomic mass is 9.95. The van der Waals surface area contributed by atoms with Crippen molar-refractivity contribution in [3.63, 3.8) is 0 Å². The van der Waals surface area contributed by atoms with Crippen LogP contribution in [0.25, 0.3) is 10.9 Å². The van der Waals surface area contributed by atoms with Crippen molar-refractivity contribution in [1.82, 2.24) is 4.98 Å². The van der Waals surface area contributed by atoms with E-state index in [1.807, 2.05) is 24.3 Å². The van der Waals surface area contributed by atoms with E-state index in [-0.39, 0.29) is 6.61 Å². The van der Waals surface area contributed by atoms with E-state index in [9.17, 15) is 0 Å². The number of nitrogens with zero attached hydrogens (tertiary/aromatic N) is 1. The fourth-order valence-corrected chi connectivity index (χ4v) is 2.30. The third-order valence-electron chi connectivity index (χ3n) is 3.38. The molecule has 0 fully saturated rings. The van der Waals surface area contributed by atoms with Gasteiger partial charge in [-0.15, -0.1) is 0 Å². The van der Waals surface area contributed by atoms with Crippen LogP contribution in [0.2, 0.25) is 0 Å². The van der Waals surface area contributed by atoms with Crippen LogP contribution in [0.4, 0.5) is 0 Å². The van der Waals surface area contributed by atoms with Crippen molar-refractivity contribution in [1.29, 1.82) is 0 Å². The third-order valence-corrected chi connectivity index (χ3v) is 3.38. The van der Waals surface area contributed by atoms with E-state index in [4.69, 9.17) is 5.11 Å². The van der Waals surface area contributed by atoms with Gasteiger partial charge in [-0.3, -0.25) is 0 Å². The van der Waals surface area contributed by atoms with E-state index in [2.05, 4.69) is 42.8 Å². The SMILES string of the molecule is CC(CO)CC(C)CC#Cc1ccc2ccccc2n1. The molecule has 2 nitrogen and oxygen atoms in total. The lowest BCUT2D eigenvalue weighted by molar-refractivity contribution is 0.216. The van der Waals surface area contributed by atoms with Crippen LogP contribution in [-0.2, 0) is 0 Å². The van der Waals surface area contributed by atoms with E-state index in [0.29, 0.717) is 11.8 Å². The highest BCUT2D eigenvalue weighted by molar-refractivity contribution is 5.78. The highest BCUT2D eigenvalue weighted by Gasteiger charge is 2.06. The summed E-state index contributed by atoms with van der Waals surface area (Å²) < 4.78 is 0. The first kappa shape index (κ1) is 14.6. The molecule has 2 rings (SSSR count). The zero-order chi connectivity index (χ0) is 14.4. The minimum absolute atomic E-state index is 0.254. The number of aliphatic hydroxyl groups excluding tert-OH is 1. The smallest absolute Gasteiger partial charge is 0.113 e. The minimum Gasteiger partial charge on any atom is -0.396 e. The van der Waals surface area contributed by atoms with E-state index in [0.717, 1.165) is 29.4 Å². The van der Waals surface area contributed by atoms with Crippen LogP contribution in [0.3, 0.4) is 0 Å². The lowest BCUT2D eigenvalue weighted by Gasteiger charge is -2.11. The molecule has 0 aliphatic rings. The summed E-state index contributed by atoms with van der Waals surface area (Å²) in [6.07, 6.45) is 1.86. The Bertz CT molecular complexity index is 624. The van der Waals surface area contributed by atoms with E-state index in [1.165, 1.54) is 0 Å².